The lowest BCUT2D eigenvalue weighted by atomic mass is 9.72. The van der Waals surface area contributed by atoms with Gasteiger partial charge in [0.2, 0.25) is 11.8 Å². The molecule has 40 heavy (non-hydrogen) atoms. The summed E-state index contributed by atoms with van der Waals surface area (Å²) < 4.78 is 9.31. The highest BCUT2D eigenvalue weighted by Gasteiger charge is 2.46. The number of para-hydroxylation sites is 1. The Balaban J connectivity index is 1.12. The van der Waals surface area contributed by atoms with E-state index in [1.165, 1.54) is 22.7 Å². The van der Waals surface area contributed by atoms with Crippen LogP contribution in [0.15, 0.2) is 41.6 Å². The maximum absolute atomic E-state index is 14.1. The number of nitrogens with zero attached hydrogens (tertiary/aromatic N) is 6. The summed E-state index contributed by atoms with van der Waals surface area (Å²) in [6.45, 7) is 2.72. The van der Waals surface area contributed by atoms with Gasteiger partial charge in [-0.15, -0.1) is 0 Å². The van der Waals surface area contributed by atoms with E-state index in [1.807, 2.05) is 17.0 Å². The van der Waals surface area contributed by atoms with Crippen LogP contribution < -0.4 is 10.3 Å². The number of amides is 2. The van der Waals surface area contributed by atoms with E-state index in [4.69, 9.17) is 4.74 Å². The van der Waals surface area contributed by atoms with Gasteiger partial charge >= 0.3 is 0 Å². The molecule has 10 nitrogen and oxygen atoms in total. The third-order valence-corrected chi connectivity index (χ3v) is 9.20. The largest absolute Gasteiger partial charge is 0.491 e. The zero-order valence-corrected chi connectivity index (χ0v) is 23.3. The van der Waals surface area contributed by atoms with Gasteiger partial charge in [0.05, 0.1) is 24.0 Å². The minimum atomic E-state index is -0.426. The molecule has 0 radical (unpaired) electrons. The predicted molar refractivity (Wildman–Crippen MR) is 150 cm³/mol. The fourth-order valence-electron chi connectivity index (χ4n) is 6.75. The van der Waals surface area contributed by atoms with E-state index in [0.29, 0.717) is 43.6 Å². The molecular weight excluding hydrogens is 508 g/mol. The summed E-state index contributed by atoms with van der Waals surface area (Å²) in [5.41, 5.74) is 1.16. The smallest absolute Gasteiger partial charge is 0.264 e. The van der Waals surface area contributed by atoms with Crippen molar-refractivity contribution in [2.45, 2.75) is 70.4 Å². The summed E-state index contributed by atoms with van der Waals surface area (Å²) in [7, 11) is 1.75. The lowest BCUT2D eigenvalue weighted by molar-refractivity contribution is -0.150. The fourth-order valence-corrected chi connectivity index (χ4v) is 6.75. The molecule has 0 bridgehead atoms. The van der Waals surface area contributed by atoms with Crippen LogP contribution in [0.1, 0.15) is 56.9 Å². The van der Waals surface area contributed by atoms with E-state index in [2.05, 4.69) is 27.1 Å². The number of carbonyl (C=O) groups is 2. The van der Waals surface area contributed by atoms with E-state index in [-0.39, 0.29) is 36.4 Å². The Labute approximate surface area is 233 Å². The molecule has 0 N–H and O–H groups in total. The molecule has 2 saturated heterocycles. The first kappa shape index (κ1) is 26.5. The number of hydrogen-bond acceptors (Lipinski definition) is 6. The van der Waals surface area contributed by atoms with Gasteiger partial charge in [-0.05, 0) is 56.6 Å². The van der Waals surface area contributed by atoms with E-state index in [1.54, 1.807) is 11.7 Å². The van der Waals surface area contributed by atoms with Crippen LogP contribution in [0.2, 0.25) is 0 Å². The molecule has 0 saturated carbocycles. The normalized spacial score (nSPS) is 21.4. The van der Waals surface area contributed by atoms with Gasteiger partial charge in [0.15, 0.2) is 5.65 Å². The molecule has 3 aromatic rings. The molecule has 1 aromatic carbocycles. The third kappa shape index (κ3) is 4.99. The maximum Gasteiger partial charge on any atom is 0.264 e. The van der Waals surface area contributed by atoms with Crippen molar-refractivity contribution < 1.29 is 14.3 Å². The van der Waals surface area contributed by atoms with Gasteiger partial charge in [-0.3, -0.25) is 23.6 Å². The molecule has 0 unspecified atom stereocenters. The fraction of sp³-hybridized carbons (Fsp3) is 0.567. The summed E-state index contributed by atoms with van der Waals surface area (Å²) in [4.78, 5) is 48.3. The monoisotopic (exact) mass is 546 g/mol. The molecule has 1 atom stereocenters. The minimum Gasteiger partial charge on any atom is -0.491 e. The number of benzene rings is 1. The van der Waals surface area contributed by atoms with Crippen molar-refractivity contribution >= 4 is 22.8 Å². The summed E-state index contributed by atoms with van der Waals surface area (Å²) >= 11 is 0. The lowest BCUT2D eigenvalue weighted by Crippen LogP contribution is -2.53. The van der Waals surface area contributed by atoms with E-state index in [0.717, 1.165) is 50.8 Å². The molecule has 5 heterocycles. The number of fused-ring (bicyclic) bond motifs is 3. The average molecular weight is 547 g/mol. The number of aryl methyl sites for hydroxylation is 3. The van der Waals surface area contributed by atoms with Gasteiger partial charge in [-0.25, -0.2) is 4.98 Å². The second-order valence-corrected chi connectivity index (χ2v) is 11.6. The second-order valence-electron chi connectivity index (χ2n) is 11.6. The van der Waals surface area contributed by atoms with Gasteiger partial charge in [0, 0.05) is 39.6 Å². The van der Waals surface area contributed by atoms with Crippen molar-refractivity contribution in [1.82, 2.24) is 29.1 Å². The SMILES string of the molecule is Cn1ncc2c(=O)n(CCC(=O)N3CCC4(CCCCc5ccccc5OC[C@@H]5CCCN5C4=O)CC3)cnc21. The number of aromatic nitrogens is 4. The van der Waals surface area contributed by atoms with Crippen LogP contribution in [-0.4, -0.2) is 73.2 Å². The summed E-state index contributed by atoms with van der Waals surface area (Å²) in [5, 5.41) is 4.56. The van der Waals surface area contributed by atoms with Gasteiger partial charge in [0.25, 0.3) is 5.56 Å². The molecular formula is C30H38N6O4. The first-order chi connectivity index (χ1) is 19.4. The summed E-state index contributed by atoms with van der Waals surface area (Å²) in [6.07, 6.45) is 10.3. The van der Waals surface area contributed by atoms with Gasteiger partial charge in [-0.2, -0.15) is 5.10 Å². The number of hydrogen-bond donors (Lipinski definition) is 0. The van der Waals surface area contributed by atoms with Crippen molar-refractivity contribution in [2.75, 3.05) is 26.2 Å². The number of piperidine rings is 1. The Kier molecular flexibility index (Phi) is 7.33. The number of carbonyl (C=O) groups excluding carboxylic acids is 2. The zero-order valence-electron chi connectivity index (χ0n) is 23.3. The Morgan fingerprint density at radius 2 is 1.90 bits per heavy atom. The van der Waals surface area contributed by atoms with Gasteiger partial charge in [0.1, 0.15) is 17.7 Å². The molecule has 0 aliphatic carbocycles. The first-order valence-electron chi connectivity index (χ1n) is 14.6. The molecule has 2 amide bonds. The highest BCUT2D eigenvalue weighted by Crippen LogP contribution is 2.41. The topological polar surface area (TPSA) is 103 Å². The molecule has 10 heteroatoms. The Morgan fingerprint density at radius 1 is 1.07 bits per heavy atom. The van der Waals surface area contributed by atoms with Crippen LogP contribution in [0.4, 0.5) is 0 Å². The van der Waals surface area contributed by atoms with Crippen molar-refractivity contribution in [1.29, 1.82) is 0 Å². The van der Waals surface area contributed by atoms with Crippen LogP contribution in [0.25, 0.3) is 11.0 Å². The molecule has 6 rings (SSSR count). The standard InChI is InChI=1S/C30H38N6O4/c1-33-27-24(19-32-33)28(38)35(21-31-27)16-11-26(37)34-17-13-30(14-18-34)12-5-4-8-22-7-2-3-10-25(22)40-20-23-9-6-15-36(23)29(30)39/h2-3,7,10,19,21,23H,4-6,8-9,11-18,20H2,1H3/t23-/m0/s1. The molecule has 1 spiro atoms. The van der Waals surface area contributed by atoms with Crippen LogP contribution >= 0.6 is 0 Å². The minimum absolute atomic E-state index is 0.0118. The first-order valence-corrected chi connectivity index (χ1v) is 14.6. The Morgan fingerprint density at radius 3 is 2.75 bits per heavy atom. The molecule has 2 aromatic heterocycles. The quantitative estimate of drug-likeness (QED) is 0.501. The van der Waals surface area contributed by atoms with Gasteiger partial charge in [-0.1, -0.05) is 24.6 Å². The predicted octanol–water partition coefficient (Wildman–Crippen LogP) is 2.93. The molecule has 2 fully saturated rings. The highest BCUT2D eigenvalue weighted by molar-refractivity contribution is 5.84. The van der Waals surface area contributed by atoms with Crippen LogP contribution in [0, 0.1) is 5.41 Å². The molecule has 212 valence electrons. The van der Waals surface area contributed by atoms with Crippen molar-refractivity contribution in [3.05, 3.63) is 52.7 Å². The van der Waals surface area contributed by atoms with E-state index >= 15 is 0 Å². The van der Waals surface area contributed by atoms with Crippen molar-refractivity contribution in [2.24, 2.45) is 12.5 Å². The Hall–Kier alpha value is -3.69. The zero-order chi connectivity index (χ0) is 27.7. The van der Waals surface area contributed by atoms with Crippen LogP contribution in [-0.2, 0) is 29.6 Å². The number of rotatable bonds is 3. The molecule has 3 aliphatic rings. The molecule has 3 aliphatic heterocycles. The van der Waals surface area contributed by atoms with Crippen LogP contribution in [0.3, 0.4) is 0 Å². The summed E-state index contributed by atoms with van der Waals surface area (Å²) in [6, 6.07) is 8.37. The average Bonchev–Trinajstić information content (AvgIpc) is 3.60. The third-order valence-electron chi connectivity index (χ3n) is 9.20. The van der Waals surface area contributed by atoms with E-state index < -0.39 is 5.41 Å². The highest BCUT2D eigenvalue weighted by atomic mass is 16.5. The lowest BCUT2D eigenvalue weighted by Gasteiger charge is -2.44. The van der Waals surface area contributed by atoms with Gasteiger partial charge < -0.3 is 14.5 Å². The second kappa shape index (κ2) is 11.1. The summed E-state index contributed by atoms with van der Waals surface area (Å²) in [5.74, 6) is 1.21. The number of ether oxygens (including phenoxy) is 1. The van der Waals surface area contributed by atoms with Crippen molar-refractivity contribution in [3.63, 3.8) is 0 Å². The van der Waals surface area contributed by atoms with Crippen molar-refractivity contribution in [3.8, 4) is 5.75 Å². The van der Waals surface area contributed by atoms with Crippen LogP contribution in [0.5, 0.6) is 5.75 Å². The maximum atomic E-state index is 14.1. The Bertz CT molecular complexity index is 1450. The number of likely N-dealkylation sites (tertiary alicyclic amines) is 1. The van der Waals surface area contributed by atoms with E-state index in [9.17, 15) is 14.4 Å².